The summed E-state index contributed by atoms with van der Waals surface area (Å²) in [5.41, 5.74) is 3.33. The van der Waals surface area contributed by atoms with Crippen molar-refractivity contribution in [1.29, 1.82) is 0 Å². The van der Waals surface area contributed by atoms with Crippen molar-refractivity contribution in [3.05, 3.63) is 29.8 Å². The molecule has 2 heterocycles. The van der Waals surface area contributed by atoms with Crippen LogP contribution in [0.5, 0.6) is 0 Å². The molecule has 4 heteroatoms. The van der Waals surface area contributed by atoms with E-state index in [1.807, 2.05) is 0 Å². The van der Waals surface area contributed by atoms with Crippen LogP contribution < -0.4 is 10.2 Å². The minimum atomic E-state index is 0. The lowest BCUT2D eigenvalue weighted by Crippen LogP contribution is -2.39. The topological polar surface area (TPSA) is 18.5 Å². The summed E-state index contributed by atoms with van der Waals surface area (Å²) in [5, 5.41) is 3.51. The maximum absolute atomic E-state index is 3.51. The average Bonchev–Trinajstić information content (AvgIpc) is 2.76. The van der Waals surface area contributed by atoms with Crippen LogP contribution in [-0.2, 0) is 6.54 Å². The van der Waals surface area contributed by atoms with Gasteiger partial charge in [0.2, 0.25) is 0 Å². The summed E-state index contributed by atoms with van der Waals surface area (Å²) < 4.78 is 0. The van der Waals surface area contributed by atoms with Crippen molar-refractivity contribution < 1.29 is 0 Å². The zero-order valence-electron chi connectivity index (χ0n) is 12.6. The molecule has 1 aromatic carbocycles. The van der Waals surface area contributed by atoms with Crippen LogP contribution in [-0.4, -0.2) is 44.7 Å². The van der Waals surface area contributed by atoms with E-state index in [0.717, 1.165) is 13.1 Å². The second-order valence-corrected chi connectivity index (χ2v) is 6.50. The van der Waals surface area contributed by atoms with Crippen LogP contribution in [0.2, 0.25) is 0 Å². The van der Waals surface area contributed by atoms with Gasteiger partial charge in [-0.05, 0) is 30.0 Å². The molecule has 0 bridgehead atoms. The standard InChI is InChI=1S/C16H25N3.ClH/c1-16(7-8-17-12-16)13-19-10-9-18(2)15-6-4-3-5-14(15)11-19;/h3-6,17H,7-13H2,1-2H3;1H. The van der Waals surface area contributed by atoms with E-state index in [2.05, 4.69) is 53.4 Å². The first-order valence-electron chi connectivity index (χ1n) is 7.38. The Bertz CT molecular complexity index is 443. The average molecular weight is 296 g/mol. The maximum atomic E-state index is 3.51. The first-order chi connectivity index (χ1) is 9.16. The minimum absolute atomic E-state index is 0. The Morgan fingerprint density at radius 2 is 2.05 bits per heavy atom. The highest BCUT2D eigenvalue weighted by molar-refractivity contribution is 5.85. The quantitative estimate of drug-likeness (QED) is 0.904. The van der Waals surface area contributed by atoms with Gasteiger partial charge in [-0.2, -0.15) is 0 Å². The Morgan fingerprint density at radius 3 is 2.80 bits per heavy atom. The molecule has 1 atom stereocenters. The molecule has 1 N–H and O–H groups in total. The van der Waals surface area contributed by atoms with Crippen molar-refractivity contribution in [3.63, 3.8) is 0 Å². The van der Waals surface area contributed by atoms with Gasteiger partial charge in [0.25, 0.3) is 0 Å². The normalized spacial score (nSPS) is 26.8. The second kappa shape index (κ2) is 6.33. The Hall–Kier alpha value is -0.770. The molecule has 0 spiro atoms. The van der Waals surface area contributed by atoms with Gasteiger partial charge in [-0.3, -0.25) is 4.90 Å². The third kappa shape index (κ3) is 3.27. The number of rotatable bonds is 2. The number of fused-ring (bicyclic) bond motifs is 1. The molecule has 1 saturated heterocycles. The molecule has 0 amide bonds. The summed E-state index contributed by atoms with van der Waals surface area (Å²) >= 11 is 0. The molecule has 0 aliphatic carbocycles. The van der Waals surface area contributed by atoms with Gasteiger partial charge in [-0.25, -0.2) is 0 Å². The van der Waals surface area contributed by atoms with E-state index in [1.54, 1.807) is 0 Å². The molecule has 0 radical (unpaired) electrons. The molecule has 2 aliphatic rings. The summed E-state index contributed by atoms with van der Waals surface area (Å²) in [7, 11) is 2.21. The fraction of sp³-hybridized carbons (Fsp3) is 0.625. The van der Waals surface area contributed by atoms with Gasteiger partial charge in [-0.1, -0.05) is 25.1 Å². The SMILES string of the molecule is CN1CCN(CC2(C)CCNC2)Cc2ccccc21.Cl. The van der Waals surface area contributed by atoms with Crippen LogP contribution in [0.3, 0.4) is 0 Å². The van der Waals surface area contributed by atoms with Crippen LogP contribution in [0.1, 0.15) is 18.9 Å². The first-order valence-corrected chi connectivity index (χ1v) is 7.38. The fourth-order valence-corrected chi connectivity index (χ4v) is 3.43. The summed E-state index contributed by atoms with van der Waals surface area (Å²) in [6.07, 6.45) is 1.31. The van der Waals surface area contributed by atoms with Gasteiger partial charge in [0, 0.05) is 45.5 Å². The third-order valence-electron chi connectivity index (χ3n) is 4.61. The highest BCUT2D eigenvalue weighted by Crippen LogP contribution is 2.29. The van der Waals surface area contributed by atoms with Gasteiger partial charge in [-0.15, -0.1) is 12.4 Å². The molecule has 0 aromatic heterocycles. The monoisotopic (exact) mass is 295 g/mol. The van der Waals surface area contributed by atoms with Crippen molar-refractivity contribution in [2.75, 3.05) is 44.7 Å². The Kier molecular flexibility index (Phi) is 4.95. The van der Waals surface area contributed by atoms with E-state index in [0.29, 0.717) is 5.41 Å². The van der Waals surface area contributed by atoms with Crippen molar-refractivity contribution in [2.24, 2.45) is 5.41 Å². The molecule has 0 saturated carbocycles. The number of halogens is 1. The lowest BCUT2D eigenvalue weighted by Gasteiger charge is -2.31. The largest absolute Gasteiger partial charge is 0.373 e. The number of nitrogens with zero attached hydrogens (tertiary/aromatic N) is 2. The fourth-order valence-electron chi connectivity index (χ4n) is 3.43. The molecule has 1 aromatic rings. The van der Waals surface area contributed by atoms with Gasteiger partial charge < -0.3 is 10.2 Å². The van der Waals surface area contributed by atoms with Crippen LogP contribution in [0.4, 0.5) is 5.69 Å². The van der Waals surface area contributed by atoms with Gasteiger partial charge in [0.05, 0.1) is 0 Å². The maximum Gasteiger partial charge on any atom is 0.0409 e. The Balaban J connectivity index is 0.00000147. The molecule has 1 unspecified atom stereocenters. The number of benzene rings is 1. The molecule has 3 rings (SSSR count). The van der Waals surface area contributed by atoms with E-state index in [4.69, 9.17) is 0 Å². The highest BCUT2D eigenvalue weighted by Gasteiger charge is 2.31. The molecular weight excluding hydrogens is 270 g/mol. The molecule has 3 nitrogen and oxygen atoms in total. The predicted octanol–water partition coefficient (Wildman–Crippen LogP) is 2.36. The van der Waals surface area contributed by atoms with Crippen molar-refractivity contribution in [3.8, 4) is 0 Å². The highest BCUT2D eigenvalue weighted by atomic mass is 35.5. The van der Waals surface area contributed by atoms with Gasteiger partial charge in [0.15, 0.2) is 0 Å². The number of hydrogen-bond acceptors (Lipinski definition) is 3. The third-order valence-corrected chi connectivity index (χ3v) is 4.61. The minimum Gasteiger partial charge on any atom is -0.373 e. The van der Waals surface area contributed by atoms with Crippen molar-refractivity contribution in [1.82, 2.24) is 10.2 Å². The van der Waals surface area contributed by atoms with E-state index < -0.39 is 0 Å². The molecule has 1 fully saturated rings. The Labute approximate surface area is 128 Å². The lowest BCUT2D eigenvalue weighted by molar-refractivity contribution is 0.177. The van der Waals surface area contributed by atoms with E-state index in [-0.39, 0.29) is 12.4 Å². The zero-order chi connectivity index (χ0) is 13.3. The van der Waals surface area contributed by atoms with Gasteiger partial charge >= 0.3 is 0 Å². The second-order valence-electron chi connectivity index (χ2n) is 6.50. The van der Waals surface area contributed by atoms with E-state index >= 15 is 0 Å². The number of nitrogens with one attached hydrogen (secondary N) is 1. The summed E-state index contributed by atoms with van der Waals surface area (Å²) in [6, 6.07) is 8.83. The molecule has 2 aliphatic heterocycles. The van der Waals surface area contributed by atoms with Crippen LogP contribution >= 0.6 is 12.4 Å². The van der Waals surface area contributed by atoms with Gasteiger partial charge in [0.1, 0.15) is 0 Å². The number of para-hydroxylation sites is 1. The zero-order valence-corrected chi connectivity index (χ0v) is 13.4. The number of likely N-dealkylation sites (N-methyl/N-ethyl adjacent to an activating group) is 1. The molecule has 112 valence electrons. The van der Waals surface area contributed by atoms with E-state index in [9.17, 15) is 0 Å². The summed E-state index contributed by atoms with van der Waals surface area (Å²) in [4.78, 5) is 5.03. The van der Waals surface area contributed by atoms with Crippen LogP contribution in [0.25, 0.3) is 0 Å². The molecule has 20 heavy (non-hydrogen) atoms. The molecular formula is C16H26ClN3. The first kappa shape index (κ1) is 15.6. The Morgan fingerprint density at radius 1 is 1.25 bits per heavy atom. The van der Waals surface area contributed by atoms with Crippen LogP contribution in [0, 0.1) is 5.41 Å². The number of hydrogen-bond donors (Lipinski definition) is 1. The summed E-state index contributed by atoms with van der Waals surface area (Å²) in [6.45, 7) is 9.37. The lowest BCUT2D eigenvalue weighted by atomic mass is 9.89. The van der Waals surface area contributed by atoms with E-state index in [1.165, 1.54) is 43.9 Å². The van der Waals surface area contributed by atoms with Crippen molar-refractivity contribution in [2.45, 2.75) is 19.9 Å². The predicted molar refractivity (Wildman–Crippen MR) is 87.8 cm³/mol. The smallest absolute Gasteiger partial charge is 0.0409 e. The van der Waals surface area contributed by atoms with Crippen LogP contribution in [0.15, 0.2) is 24.3 Å². The number of anilines is 1. The summed E-state index contributed by atoms with van der Waals surface area (Å²) in [5.74, 6) is 0. The van der Waals surface area contributed by atoms with Crippen molar-refractivity contribution >= 4 is 18.1 Å².